The molecule has 1 aromatic heterocycles. The fourth-order valence-corrected chi connectivity index (χ4v) is 14.1. The highest BCUT2D eigenvalue weighted by molar-refractivity contribution is 6.11. The van der Waals surface area contributed by atoms with Gasteiger partial charge in [-0.05, 0) is 112 Å². The zero-order chi connectivity index (χ0) is 52.8. The molecular formula is C78H50N2. The average Bonchev–Trinajstić information content (AvgIpc) is 4.13. The van der Waals surface area contributed by atoms with Crippen LogP contribution in [0.15, 0.2) is 303 Å². The number of nitrogens with zero attached hydrogens (tertiary/aromatic N) is 2. The van der Waals surface area contributed by atoms with Gasteiger partial charge in [-0.2, -0.15) is 0 Å². The van der Waals surface area contributed by atoms with Gasteiger partial charge in [0.25, 0.3) is 0 Å². The Balaban J connectivity index is 1.05. The van der Waals surface area contributed by atoms with Gasteiger partial charge in [0, 0.05) is 22.3 Å². The molecule has 0 saturated heterocycles. The molecule has 80 heavy (non-hydrogen) atoms. The quantitative estimate of drug-likeness (QED) is 0.152. The Morgan fingerprint density at radius 2 is 0.512 bits per heavy atom. The van der Waals surface area contributed by atoms with Crippen LogP contribution in [0.1, 0.15) is 44.5 Å². The van der Waals surface area contributed by atoms with Crippen molar-refractivity contribution < 1.29 is 0 Å². The first-order valence-electron chi connectivity index (χ1n) is 27.7. The minimum Gasteiger partial charge on any atom is -0.243 e. The van der Waals surface area contributed by atoms with E-state index >= 15 is 0 Å². The van der Waals surface area contributed by atoms with Crippen molar-refractivity contribution in [2.75, 3.05) is 0 Å². The standard InChI is InChI=1S/C78H50N2/c1-5-27-55(28-6-1)77(56-29-7-2-8-30-56)69-41-19-17-37-63(69)65-45-43-53(49-71(65)77)73-74(54-44-46-66-64-38-18-20-42-70(64)78(72(66)50-54,57-31-9-3-10-32-57)58-33-11-4-12-34-58)80-76-68(62-40-22-26-52-24-14-16-36-60(52)62)48-47-67(75(76)79-73)61-39-21-25-51-23-13-15-35-59(51)61/h1-50H. The van der Waals surface area contributed by atoms with Crippen molar-refractivity contribution in [3.63, 3.8) is 0 Å². The molecule has 0 N–H and O–H groups in total. The largest absolute Gasteiger partial charge is 0.243 e. The summed E-state index contributed by atoms with van der Waals surface area (Å²) in [6.07, 6.45) is 0. The Kier molecular flexibility index (Phi) is 10.4. The highest BCUT2D eigenvalue weighted by Gasteiger charge is 2.48. The number of hydrogen-bond donors (Lipinski definition) is 0. The minimum atomic E-state index is -0.616. The lowest BCUT2D eigenvalue weighted by Crippen LogP contribution is -2.28. The number of rotatable bonds is 8. The third-order valence-electron chi connectivity index (χ3n) is 17.4. The van der Waals surface area contributed by atoms with E-state index in [4.69, 9.17) is 9.97 Å². The molecule has 2 aliphatic carbocycles. The Bertz CT molecular complexity index is 4360. The van der Waals surface area contributed by atoms with E-state index in [1.165, 1.54) is 88.3 Å². The van der Waals surface area contributed by atoms with Gasteiger partial charge < -0.3 is 0 Å². The zero-order valence-corrected chi connectivity index (χ0v) is 43.8. The van der Waals surface area contributed by atoms with E-state index in [2.05, 4.69) is 303 Å². The fraction of sp³-hybridized carbons (Fsp3) is 0.0256. The van der Waals surface area contributed by atoms with Crippen LogP contribution in [0, 0.1) is 0 Å². The molecule has 0 aliphatic heterocycles. The topological polar surface area (TPSA) is 25.8 Å². The van der Waals surface area contributed by atoms with Gasteiger partial charge in [-0.3, -0.25) is 0 Å². The van der Waals surface area contributed by atoms with Crippen LogP contribution in [-0.2, 0) is 10.8 Å². The lowest BCUT2D eigenvalue weighted by Gasteiger charge is -2.34. The summed E-state index contributed by atoms with van der Waals surface area (Å²) in [6.45, 7) is 0. The number of fused-ring (bicyclic) bond motifs is 9. The molecule has 0 unspecified atom stereocenters. The smallest absolute Gasteiger partial charge is 0.0979 e. The Morgan fingerprint density at radius 3 is 0.912 bits per heavy atom. The van der Waals surface area contributed by atoms with Crippen molar-refractivity contribution in [1.82, 2.24) is 9.97 Å². The first-order valence-corrected chi connectivity index (χ1v) is 27.7. The van der Waals surface area contributed by atoms with Crippen molar-refractivity contribution in [2.24, 2.45) is 0 Å². The maximum absolute atomic E-state index is 6.16. The van der Waals surface area contributed by atoms with Crippen LogP contribution in [0.2, 0.25) is 0 Å². The summed E-state index contributed by atoms with van der Waals surface area (Å²) in [5.41, 5.74) is 23.2. The summed E-state index contributed by atoms with van der Waals surface area (Å²) < 4.78 is 0. The molecule has 16 rings (SSSR count). The van der Waals surface area contributed by atoms with Crippen molar-refractivity contribution in [2.45, 2.75) is 10.8 Å². The summed E-state index contributed by atoms with van der Waals surface area (Å²) in [5, 5.41) is 4.70. The summed E-state index contributed by atoms with van der Waals surface area (Å²) in [7, 11) is 0. The summed E-state index contributed by atoms with van der Waals surface area (Å²) in [5.74, 6) is 0. The predicted octanol–water partition coefficient (Wildman–Crippen LogP) is 19.3. The molecule has 2 nitrogen and oxygen atoms in total. The van der Waals surface area contributed by atoms with Crippen molar-refractivity contribution >= 4 is 32.6 Å². The highest BCUT2D eigenvalue weighted by atomic mass is 14.8. The van der Waals surface area contributed by atoms with Crippen molar-refractivity contribution in [1.29, 1.82) is 0 Å². The third kappa shape index (κ3) is 6.66. The normalized spacial score (nSPS) is 13.4. The molecule has 0 radical (unpaired) electrons. The predicted molar refractivity (Wildman–Crippen MR) is 331 cm³/mol. The van der Waals surface area contributed by atoms with Gasteiger partial charge >= 0.3 is 0 Å². The minimum absolute atomic E-state index is 0.616. The number of benzene rings is 13. The van der Waals surface area contributed by atoms with Crippen LogP contribution in [-0.4, -0.2) is 9.97 Å². The molecule has 1 heterocycles. The second-order valence-corrected chi connectivity index (χ2v) is 21.4. The molecule has 14 aromatic rings. The van der Waals surface area contributed by atoms with Crippen LogP contribution in [0.25, 0.3) is 99.6 Å². The van der Waals surface area contributed by atoms with E-state index in [9.17, 15) is 0 Å². The molecule has 0 spiro atoms. The molecule has 0 bridgehead atoms. The van der Waals surface area contributed by atoms with Gasteiger partial charge in [0.2, 0.25) is 0 Å². The zero-order valence-electron chi connectivity index (χ0n) is 43.8. The fourth-order valence-electron chi connectivity index (χ4n) is 14.1. The molecular weight excluding hydrogens is 965 g/mol. The molecule has 0 amide bonds. The van der Waals surface area contributed by atoms with E-state index < -0.39 is 10.8 Å². The SMILES string of the molecule is c1ccc(C2(c3ccccc3)c3ccccc3-c3ccc(-c4nc5c(-c6cccc7ccccc67)ccc(-c6cccc7ccccc67)c5nc4-c4ccc5c(c4)C(c4ccccc4)(c4ccccc4)c4ccccc4-5)cc32)cc1. The van der Waals surface area contributed by atoms with Gasteiger partial charge in [-0.25, -0.2) is 9.97 Å². The van der Waals surface area contributed by atoms with E-state index in [1.54, 1.807) is 0 Å². The van der Waals surface area contributed by atoms with Gasteiger partial charge in [0.15, 0.2) is 0 Å². The molecule has 2 aliphatic rings. The van der Waals surface area contributed by atoms with Crippen LogP contribution in [0.3, 0.4) is 0 Å². The maximum Gasteiger partial charge on any atom is 0.0979 e. The average molecular weight is 1020 g/mol. The van der Waals surface area contributed by atoms with E-state index in [1.807, 2.05) is 0 Å². The van der Waals surface area contributed by atoms with Crippen molar-refractivity contribution in [3.8, 4) is 67.0 Å². The van der Waals surface area contributed by atoms with Gasteiger partial charge in [0.05, 0.1) is 33.3 Å². The summed E-state index contributed by atoms with van der Waals surface area (Å²) >= 11 is 0. The molecule has 2 heteroatoms. The summed E-state index contributed by atoms with van der Waals surface area (Å²) in [6, 6.07) is 112. The maximum atomic E-state index is 6.16. The molecule has 0 atom stereocenters. The Hall–Kier alpha value is -10.3. The Morgan fingerprint density at radius 1 is 0.212 bits per heavy atom. The van der Waals surface area contributed by atoms with Crippen LogP contribution >= 0.6 is 0 Å². The lowest BCUT2D eigenvalue weighted by atomic mass is 9.67. The highest BCUT2D eigenvalue weighted by Crippen LogP contribution is 2.59. The van der Waals surface area contributed by atoms with E-state index in [-0.39, 0.29) is 0 Å². The van der Waals surface area contributed by atoms with Gasteiger partial charge in [0.1, 0.15) is 0 Å². The summed E-state index contributed by atoms with van der Waals surface area (Å²) in [4.78, 5) is 12.3. The number of hydrogen-bond acceptors (Lipinski definition) is 2. The second kappa shape index (κ2) is 18.2. The molecule has 372 valence electrons. The second-order valence-electron chi connectivity index (χ2n) is 21.4. The van der Waals surface area contributed by atoms with E-state index in [0.29, 0.717) is 0 Å². The van der Waals surface area contributed by atoms with Crippen LogP contribution in [0.5, 0.6) is 0 Å². The molecule has 0 fully saturated rings. The Labute approximate surface area is 465 Å². The van der Waals surface area contributed by atoms with Gasteiger partial charge in [-0.15, -0.1) is 0 Å². The molecule has 0 saturated carbocycles. The van der Waals surface area contributed by atoms with Crippen LogP contribution in [0.4, 0.5) is 0 Å². The lowest BCUT2D eigenvalue weighted by molar-refractivity contribution is 0.768. The van der Waals surface area contributed by atoms with Gasteiger partial charge in [-0.1, -0.05) is 291 Å². The first-order chi connectivity index (χ1) is 39.7. The monoisotopic (exact) mass is 1010 g/mol. The first kappa shape index (κ1) is 45.9. The third-order valence-corrected chi connectivity index (χ3v) is 17.4. The van der Waals surface area contributed by atoms with E-state index in [0.717, 1.165) is 55.8 Å². The van der Waals surface area contributed by atoms with Crippen molar-refractivity contribution in [3.05, 3.63) is 348 Å². The number of aromatic nitrogens is 2. The molecule has 13 aromatic carbocycles. The van der Waals surface area contributed by atoms with Crippen LogP contribution < -0.4 is 0 Å².